The number of ether oxygens (including phenoxy) is 1. The SMILES string of the molecule is CCc1c(F)ccc2cc(O)cc(-c3ncc4c(N(C)CCCC(=O)NC(C)=O)nc(OC[C@@]56CCCN5C[C@H](F)C6)nc4c3F)c12. The Labute approximate surface area is 270 Å². The number of alkyl halides is 1. The number of benzene rings is 2. The summed E-state index contributed by atoms with van der Waals surface area (Å²) in [6.07, 6.45) is 3.25. The van der Waals surface area contributed by atoms with Gasteiger partial charge in [0.05, 0.1) is 10.9 Å². The van der Waals surface area contributed by atoms with Crippen LogP contribution < -0.4 is 15.0 Å². The number of carbonyl (C=O) groups is 2. The summed E-state index contributed by atoms with van der Waals surface area (Å²) >= 11 is 0. The zero-order chi connectivity index (χ0) is 33.5. The predicted octanol–water partition coefficient (Wildman–Crippen LogP) is 5.23. The normalized spacial score (nSPS) is 19.3. The summed E-state index contributed by atoms with van der Waals surface area (Å²) in [7, 11) is 1.72. The van der Waals surface area contributed by atoms with Gasteiger partial charge in [-0.2, -0.15) is 9.97 Å². The maximum absolute atomic E-state index is 16.7. The highest BCUT2D eigenvalue weighted by Crippen LogP contribution is 2.41. The molecule has 2 aliphatic heterocycles. The molecule has 10 nitrogen and oxygen atoms in total. The maximum atomic E-state index is 16.7. The fourth-order valence-corrected chi connectivity index (χ4v) is 7.09. The van der Waals surface area contributed by atoms with Gasteiger partial charge in [0.2, 0.25) is 11.8 Å². The number of phenolic OH excluding ortho intramolecular Hbond substituents is 1. The van der Waals surface area contributed by atoms with Crippen LogP contribution in [0.25, 0.3) is 32.9 Å². The second kappa shape index (κ2) is 12.9. The van der Waals surface area contributed by atoms with E-state index in [-0.39, 0.29) is 46.9 Å². The number of imide groups is 1. The summed E-state index contributed by atoms with van der Waals surface area (Å²) in [6.45, 7) is 4.62. The third kappa shape index (κ3) is 6.28. The molecule has 2 aromatic carbocycles. The molecule has 0 radical (unpaired) electrons. The number of halogens is 3. The van der Waals surface area contributed by atoms with Crippen molar-refractivity contribution < 1.29 is 32.6 Å². The molecule has 2 aliphatic rings. The second-order valence-corrected chi connectivity index (χ2v) is 12.5. The van der Waals surface area contributed by atoms with Crippen LogP contribution >= 0.6 is 0 Å². The lowest BCUT2D eigenvalue weighted by Crippen LogP contribution is -2.43. The Morgan fingerprint density at radius 2 is 2.04 bits per heavy atom. The van der Waals surface area contributed by atoms with Crippen molar-refractivity contribution in [3.63, 3.8) is 0 Å². The number of aromatic nitrogens is 3. The number of amides is 2. The van der Waals surface area contributed by atoms with Gasteiger partial charge in [-0.15, -0.1) is 0 Å². The van der Waals surface area contributed by atoms with Crippen molar-refractivity contribution in [3.05, 3.63) is 47.7 Å². The van der Waals surface area contributed by atoms with Crippen LogP contribution in [-0.2, 0) is 16.0 Å². The van der Waals surface area contributed by atoms with Crippen molar-refractivity contribution in [3.8, 4) is 23.0 Å². The van der Waals surface area contributed by atoms with E-state index in [0.29, 0.717) is 54.5 Å². The van der Waals surface area contributed by atoms with Crippen molar-refractivity contribution >= 4 is 39.3 Å². The Morgan fingerprint density at radius 3 is 2.81 bits per heavy atom. The molecular formula is C34H37F3N6O4. The average Bonchev–Trinajstić information content (AvgIpc) is 3.55. The first kappa shape index (κ1) is 32.4. The highest BCUT2D eigenvalue weighted by molar-refractivity contribution is 6.01. The Morgan fingerprint density at radius 1 is 1.23 bits per heavy atom. The monoisotopic (exact) mass is 650 g/mol. The number of fused-ring (bicyclic) bond motifs is 3. The Bertz CT molecular complexity index is 1870. The number of anilines is 1. The quantitative estimate of drug-likeness (QED) is 0.238. The molecule has 0 aliphatic carbocycles. The molecule has 248 valence electrons. The molecule has 0 spiro atoms. The molecule has 2 amide bonds. The van der Waals surface area contributed by atoms with Gasteiger partial charge in [-0.25, -0.2) is 13.2 Å². The number of hydrogen-bond donors (Lipinski definition) is 2. The van der Waals surface area contributed by atoms with Crippen LogP contribution in [0.2, 0.25) is 0 Å². The van der Waals surface area contributed by atoms with E-state index in [9.17, 15) is 23.5 Å². The zero-order valence-corrected chi connectivity index (χ0v) is 26.6. The first-order valence-electron chi connectivity index (χ1n) is 15.8. The lowest BCUT2D eigenvalue weighted by atomic mass is 9.94. The third-order valence-corrected chi connectivity index (χ3v) is 9.21. The van der Waals surface area contributed by atoms with E-state index in [1.807, 2.05) is 0 Å². The number of rotatable bonds is 10. The van der Waals surface area contributed by atoms with Gasteiger partial charge >= 0.3 is 6.01 Å². The van der Waals surface area contributed by atoms with E-state index < -0.39 is 35.2 Å². The first-order chi connectivity index (χ1) is 22.5. The summed E-state index contributed by atoms with van der Waals surface area (Å²) in [5.41, 5.74) is -0.143. The van der Waals surface area contributed by atoms with Crippen molar-refractivity contribution in [1.82, 2.24) is 25.2 Å². The topological polar surface area (TPSA) is 121 Å². The number of carbonyl (C=O) groups excluding carboxylic acids is 2. The Kier molecular flexibility index (Phi) is 8.93. The molecule has 2 N–H and O–H groups in total. The molecule has 2 atom stereocenters. The number of phenols is 1. The van der Waals surface area contributed by atoms with Crippen molar-refractivity contribution in [2.45, 2.75) is 64.1 Å². The molecule has 13 heteroatoms. The summed E-state index contributed by atoms with van der Waals surface area (Å²) in [6, 6.07) is 5.59. The van der Waals surface area contributed by atoms with E-state index in [1.165, 1.54) is 37.4 Å². The molecular weight excluding hydrogens is 613 g/mol. The highest BCUT2D eigenvalue weighted by Gasteiger charge is 2.49. The first-order valence-corrected chi connectivity index (χ1v) is 15.8. The van der Waals surface area contributed by atoms with Gasteiger partial charge < -0.3 is 14.7 Å². The Balaban J connectivity index is 1.43. The van der Waals surface area contributed by atoms with E-state index in [2.05, 4.69) is 25.2 Å². The molecule has 4 heterocycles. The van der Waals surface area contributed by atoms with E-state index in [0.717, 1.165) is 19.4 Å². The highest BCUT2D eigenvalue weighted by atomic mass is 19.1. The van der Waals surface area contributed by atoms with Crippen LogP contribution in [-0.4, -0.2) is 81.8 Å². The predicted molar refractivity (Wildman–Crippen MR) is 171 cm³/mol. The van der Waals surface area contributed by atoms with Crippen LogP contribution in [0.3, 0.4) is 0 Å². The summed E-state index contributed by atoms with van der Waals surface area (Å²) < 4.78 is 52.2. The van der Waals surface area contributed by atoms with Crippen molar-refractivity contribution in [1.29, 1.82) is 0 Å². The molecule has 47 heavy (non-hydrogen) atoms. The Hall–Kier alpha value is -4.52. The van der Waals surface area contributed by atoms with Crippen LogP contribution in [0.1, 0.15) is 51.5 Å². The van der Waals surface area contributed by atoms with E-state index in [4.69, 9.17) is 4.74 Å². The van der Waals surface area contributed by atoms with Gasteiger partial charge in [-0.3, -0.25) is 24.8 Å². The average molecular weight is 651 g/mol. The maximum Gasteiger partial charge on any atom is 0.319 e. The molecule has 2 fully saturated rings. The number of nitrogens with one attached hydrogen (secondary N) is 1. The minimum atomic E-state index is -0.959. The molecule has 6 rings (SSSR count). The van der Waals surface area contributed by atoms with Gasteiger partial charge in [0.15, 0.2) is 5.82 Å². The number of hydrogen-bond acceptors (Lipinski definition) is 9. The van der Waals surface area contributed by atoms with Gasteiger partial charge in [0.25, 0.3) is 0 Å². The molecule has 0 bridgehead atoms. The van der Waals surface area contributed by atoms with Crippen LogP contribution in [0.15, 0.2) is 30.5 Å². The van der Waals surface area contributed by atoms with Crippen LogP contribution in [0, 0.1) is 11.6 Å². The number of nitrogens with zero attached hydrogens (tertiary/aromatic N) is 5. The second-order valence-electron chi connectivity index (χ2n) is 12.5. The van der Waals surface area contributed by atoms with Crippen molar-refractivity contribution in [2.24, 2.45) is 0 Å². The van der Waals surface area contributed by atoms with E-state index >= 15 is 4.39 Å². The number of aryl methyl sites for hydroxylation is 1. The minimum Gasteiger partial charge on any atom is -0.508 e. The van der Waals surface area contributed by atoms with Crippen LogP contribution in [0.5, 0.6) is 11.8 Å². The van der Waals surface area contributed by atoms with Gasteiger partial charge in [-0.1, -0.05) is 13.0 Å². The summed E-state index contributed by atoms with van der Waals surface area (Å²) in [5, 5.41) is 14.0. The smallest absolute Gasteiger partial charge is 0.319 e. The molecule has 2 aromatic heterocycles. The summed E-state index contributed by atoms with van der Waals surface area (Å²) in [4.78, 5) is 40.6. The van der Waals surface area contributed by atoms with Crippen LogP contribution in [0.4, 0.5) is 19.0 Å². The summed E-state index contributed by atoms with van der Waals surface area (Å²) in [5.74, 6) is -1.95. The number of aromatic hydroxyl groups is 1. The molecule has 2 saturated heterocycles. The molecule has 0 saturated carbocycles. The fraction of sp³-hybridized carbons (Fsp3) is 0.441. The molecule has 0 unspecified atom stereocenters. The van der Waals surface area contributed by atoms with Gasteiger partial charge in [-0.05, 0) is 66.8 Å². The van der Waals surface area contributed by atoms with Gasteiger partial charge in [0.1, 0.15) is 41.4 Å². The molecule has 4 aromatic rings. The van der Waals surface area contributed by atoms with Crippen molar-refractivity contribution in [2.75, 3.05) is 38.2 Å². The van der Waals surface area contributed by atoms with Gasteiger partial charge in [0, 0.05) is 51.7 Å². The fourth-order valence-electron chi connectivity index (χ4n) is 7.09. The third-order valence-electron chi connectivity index (χ3n) is 9.21. The van der Waals surface area contributed by atoms with E-state index in [1.54, 1.807) is 18.9 Å². The lowest BCUT2D eigenvalue weighted by Gasteiger charge is -2.31. The zero-order valence-electron chi connectivity index (χ0n) is 26.6. The standard InChI is InChI=1S/C34H37F3N6O4/c1-4-23-26(36)9-8-20-13-22(45)14-24(28(20)23)30-29(37)31-25(16-38-30)32(42(3)11-5-7-27(46)39-19(2)44)41-33(40-31)47-18-34-10-6-12-43(34)17-21(35)15-34/h8-9,13-14,16,21,45H,4-7,10-12,15,17-18H2,1-3H3,(H,39,44,46)/t21-,34+/m1/s1. The lowest BCUT2D eigenvalue weighted by molar-refractivity contribution is -0.129. The number of pyridine rings is 1. The minimum absolute atomic E-state index is 0.0801. The largest absolute Gasteiger partial charge is 0.508 e.